The molecule has 0 radical (unpaired) electrons. The van der Waals surface area contributed by atoms with Crippen LogP contribution >= 0.6 is 12.2 Å². The lowest BCUT2D eigenvalue weighted by molar-refractivity contribution is 0.628. The van der Waals surface area contributed by atoms with Crippen molar-refractivity contribution in [3.63, 3.8) is 0 Å². The molecule has 19 heavy (non-hydrogen) atoms. The van der Waals surface area contributed by atoms with Crippen LogP contribution in [0.15, 0.2) is 30.3 Å². The van der Waals surface area contributed by atoms with E-state index in [2.05, 4.69) is 20.4 Å². The van der Waals surface area contributed by atoms with E-state index in [9.17, 15) is 4.39 Å². The van der Waals surface area contributed by atoms with Crippen molar-refractivity contribution in [2.24, 2.45) is 0 Å². The van der Waals surface area contributed by atoms with E-state index in [1.54, 1.807) is 18.2 Å². The third-order valence-corrected chi connectivity index (χ3v) is 2.95. The average Bonchev–Trinajstić information content (AvgIpc) is 2.99. The average molecular weight is 276 g/mol. The van der Waals surface area contributed by atoms with Crippen LogP contribution in [-0.4, -0.2) is 25.1 Å². The Labute approximate surface area is 112 Å². The van der Waals surface area contributed by atoms with Crippen molar-refractivity contribution in [3.8, 4) is 22.8 Å². The van der Waals surface area contributed by atoms with Crippen molar-refractivity contribution >= 4 is 12.2 Å². The van der Waals surface area contributed by atoms with Crippen LogP contribution in [0.1, 0.15) is 0 Å². The summed E-state index contributed by atoms with van der Waals surface area (Å²) in [5.74, 6) is 5.88. The fourth-order valence-corrected chi connectivity index (χ4v) is 1.83. The van der Waals surface area contributed by atoms with Crippen molar-refractivity contribution < 1.29 is 4.39 Å². The van der Waals surface area contributed by atoms with Crippen LogP contribution in [0, 0.1) is 10.6 Å². The molecule has 1 aromatic carbocycles. The highest BCUT2D eigenvalue weighted by atomic mass is 32.1. The maximum Gasteiger partial charge on any atom is 0.214 e. The van der Waals surface area contributed by atoms with E-state index in [4.69, 9.17) is 18.1 Å². The molecule has 0 fully saturated rings. The minimum absolute atomic E-state index is 0.289. The van der Waals surface area contributed by atoms with Gasteiger partial charge in [0.1, 0.15) is 11.5 Å². The largest absolute Gasteiger partial charge is 0.335 e. The van der Waals surface area contributed by atoms with E-state index in [0.717, 1.165) is 5.56 Å². The first-order valence-electron chi connectivity index (χ1n) is 5.39. The number of hydrogen-bond acceptors (Lipinski definition) is 4. The minimum Gasteiger partial charge on any atom is -0.335 e. The summed E-state index contributed by atoms with van der Waals surface area (Å²) >= 11 is 4.93. The molecule has 0 saturated heterocycles. The molecule has 0 unspecified atom stereocenters. The van der Waals surface area contributed by atoms with Crippen LogP contribution in [0.5, 0.6) is 0 Å². The Hall–Kier alpha value is -2.48. The number of nitrogens with one attached hydrogen (secondary N) is 2. The second kappa shape index (κ2) is 4.32. The van der Waals surface area contributed by atoms with Gasteiger partial charge in [0.2, 0.25) is 4.77 Å². The fraction of sp³-hybridized carbons (Fsp3) is 0. The number of nitrogen functional groups attached to an aromatic ring is 1. The van der Waals surface area contributed by atoms with Gasteiger partial charge in [-0.25, -0.2) is 14.2 Å². The maximum atomic E-state index is 12.9. The number of benzene rings is 1. The van der Waals surface area contributed by atoms with Gasteiger partial charge in [0.25, 0.3) is 0 Å². The summed E-state index contributed by atoms with van der Waals surface area (Å²) in [5, 5.41) is 13.5. The summed E-state index contributed by atoms with van der Waals surface area (Å²) in [6, 6.07) is 7.82. The number of nitrogens with two attached hydrogens (primary N) is 1. The van der Waals surface area contributed by atoms with E-state index < -0.39 is 0 Å². The summed E-state index contributed by atoms with van der Waals surface area (Å²) < 4.78 is 14.4. The molecule has 0 spiro atoms. The number of hydrogen-bond donors (Lipinski definition) is 3. The molecule has 3 rings (SSSR count). The van der Waals surface area contributed by atoms with Gasteiger partial charge in [0.15, 0.2) is 5.82 Å². The summed E-state index contributed by atoms with van der Waals surface area (Å²) in [4.78, 5) is 0. The number of halogens is 1. The van der Waals surface area contributed by atoms with Crippen molar-refractivity contribution in [1.82, 2.24) is 25.1 Å². The predicted molar refractivity (Wildman–Crippen MR) is 70.5 cm³/mol. The normalized spacial score (nSPS) is 10.8. The van der Waals surface area contributed by atoms with E-state index in [-0.39, 0.29) is 5.82 Å². The smallest absolute Gasteiger partial charge is 0.214 e. The van der Waals surface area contributed by atoms with Gasteiger partial charge in [-0.1, -0.05) is 0 Å². The Morgan fingerprint density at radius 1 is 1.16 bits per heavy atom. The molecular weight excluding hydrogens is 267 g/mol. The molecule has 6 nitrogen and oxygen atoms in total. The summed E-state index contributed by atoms with van der Waals surface area (Å²) in [5.41, 5.74) is 2.08. The zero-order valence-corrected chi connectivity index (χ0v) is 10.4. The van der Waals surface area contributed by atoms with Crippen LogP contribution in [0.25, 0.3) is 22.8 Å². The fourth-order valence-electron chi connectivity index (χ4n) is 1.70. The Morgan fingerprint density at radius 3 is 2.53 bits per heavy atom. The summed E-state index contributed by atoms with van der Waals surface area (Å²) in [6.45, 7) is 0. The summed E-state index contributed by atoms with van der Waals surface area (Å²) in [6.07, 6.45) is 0. The van der Waals surface area contributed by atoms with E-state index in [1.807, 2.05) is 0 Å². The van der Waals surface area contributed by atoms with Gasteiger partial charge in [-0.3, -0.25) is 5.10 Å². The minimum atomic E-state index is -0.289. The molecular formula is C11H9FN6S. The number of nitrogens with zero attached hydrogens (tertiary/aromatic N) is 3. The van der Waals surface area contributed by atoms with E-state index in [1.165, 1.54) is 16.8 Å². The Balaban J connectivity index is 2.02. The topological polar surface area (TPSA) is 88.3 Å². The lowest BCUT2D eigenvalue weighted by Crippen LogP contribution is -2.09. The third kappa shape index (κ3) is 2.02. The SMILES string of the molecule is Nn1c(-c2cc(-c3ccc(F)cc3)n[nH]2)n[nH]c1=S. The molecule has 2 aromatic heterocycles. The van der Waals surface area contributed by atoms with Gasteiger partial charge >= 0.3 is 0 Å². The molecule has 96 valence electrons. The first-order valence-corrected chi connectivity index (χ1v) is 5.80. The van der Waals surface area contributed by atoms with Gasteiger partial charge in [-0.15, -0.1) is 0 Å². The molecule has 0 saturated carbocycles. The Kier molecular flexibility index (Phi) is 2.64. The van der Waals surface area contributed by atoms with Crippen molar-refractivity contribution in [2.75, 3.05) is 5.84 Å². The van der Waals surface area contributed by atoms with E-state index in [0.29, 0.717) is 22.0 Å². The predicted octanol–water partition coefficient (Wildman–Crippen LogP) is 1.85. The molecule has 0 aliphatic carbocycles. The first kappa shape index (κ1) is 11.6. The Morgan fingerprint density at radius 2 is 1.89 bits per heavy atom. The number of aromatic nitrogens is 5. The van der Waals surface area contributed by atoms with Gasteiger partial charge in [-0.05, 0) is 42.5 Å². The highest BCUT2D eigenvalue weighted by Gasteiger charge is 2.11. The third-order valence-electron chi connectivity index (χ3n) is 2.66. The Bertz CT molecular complexity index is 769. The zero-order valence-electron chi connectivity index (χ0n) is 9.59. The molecule has 0 atom stereocenters. The first-order chi connectivity index (χ1) is 9.15. The molecule has 3 aromatic rings. The summed E-state index contributed by atoms with van der Waals surface area (Å²) in [7, 11) is 0. The molecule has 0 aliphatic rings. The highest BCUT2D eigenvalue weighted by Crippen LogP contribution is 2.22. The molecule has 0 aliphatic heterocycles. The maximum absolute atomic E-state index is 12.9. The monoisotopic (exact) mass is 276 g/mol. The van der Waals surface area contributed by atoms with Gasteiger partial charge in [-0.2, -0.15) is 10.2 Å². The van der Waals surface area contributed by atoms with Crippen molar-refractivity contribution in [3.05, 3.63) is 40.9 Å². The van der Waals surface area contributed by atoms with Gasteiger partial charge in [0, 0.05) is 5.56 Å². The molecule has 0 amide bonds. The van der Waals surface area contributed by atoms with Crippen molar-refractivity contribution in [1.29, 1.82) is 0 Å². The quantitative estimate of drug-likeness (QED) is 0.492. The molecule has 2 heterocycles. The second-order valence-electron chi connectivity index (χ2n) is 3.90. The lowest BCUT2D eigenvalue weighted by Gasteiger charge is -1.95. The van der Waals surface area contributed by atoms with Crippen LogP contribution in [0.4, 0.5) is 4.39 Å². The van der Waals surface area contributed by atoms with Gasteiger partial charge in [0.05, 0.1) is 5.69 Å². The van der Waals surface area contributed by atoms with Crippen LogP contribution in [-0.2, 0) is 0 Å². The lowest BCUT2D eigenvalue weighted by atomic mass is 10.1. The van der Waals surface area contributed by atoms with Gasteiger partial charge < -0.3 is 5.84 Å². The number of H-pyrrole nitrogens is 2. The second-order valence-corrected chi connectivity index (χ2v) is 4.28. The van der Waals surface area contributed by atoms with E-state index >= 15 is 0 Å². The number of aromatic amines is 2. The van der Waals surface area contributed by atoms with Crippen LogP contribution < -0.4 is 5.84 Å². The van der Waals surface area contributed by atoms with Crippen LogP contribution in [0.3, 0.4) is 0 Å². The zero-order chi connectivity index (χ0) is 13.4. The standard InChI is InChI=1S/C11H9FN6S/c12-7-3-1-6(2-4-7)8-5-9(15-14-8)10-16-17-11(19)18(10)13/h1-5H,13H2,(H,14,15)(H,17,19). The molecule has 8 heteroatoms. The van der Waals surface area contributed by atoms with Crippen LogP contribution in [0.2, 0.25) is 0 Å². The number of rotatable bonds is 2. The van der Waals surface area contributed by atoms with Crippen molar-refractivity contribution in [2.45, 2.75) is 0 Å². The molecule has 4 N–H and O–H groups in total. The highest BCUT2D eigenvalue weighted by molar-refractivity contribution is 7.71. The molecule has 0 bridgehead atoms.